The molecule has 1 saturated heterocycles. The Hall–Kier alpha value is -4.00. The number of aliphatic carboxylic acids is 1. The highest BCUT2D eigenvalue weighted by Crippen LogP contribution is 2.46. The molecule has 0 spiro atoms. The van der Waals surface area contributed by atoms with Crippen molar-refractivity contribution in [2.24, 2.45) is 4.99 Å². The van der Waals surface area contributed by atoms with Gasteiger partial charge in [0.15, 0.2) is 0 Å². The van der Waals surface area contributed by atoms with Crippen LogP contribution in [0.15, 0.2) is 52.3 Å². The lowest BCUT2D eigenvalue weighted by Crippen LogP contribution is -2.58. The van der Waals surface area contributed by atoms with Gasteiger partial charge in [-0.1, -0.05) is 0 Å². The Morgan fingerprint density at radius 1 is 1.15 bits per heavy atom. The second-order valence-electron chi connectivity index (χ2n) is 9.54. The van der Waals surface area contributed by atoms with E-state index in [0.717, 1.165) is 17.8 Å². The number of carbonyl (C=O) groups is 1. The first-order chi connectivity index (χ1) is 19.1. The summed E-state index contributed by atoms with van der Waals surface area (Å²) in [5.41, 5.74) is 1.43. The summed E-state index contributed by atoms with van der Waals surface area (Å²) in [4.78, 5) is 26.9. The summed E-state index contributed by atoms with van der Waals surface area (Å²) in [6.45, 7) is 3.61. The molecule has 0 amide bonds. The molecule has 9 nitrogen and oxygen atoms in total. The van der Waals surface area contributed by atoms with E-state index in [4.69, 9.17) is 14.5 Å². The number of hydrogen-bond donors (Lipinski definition) is 1. The molecule has 40 heavy (non-hydrogen) atoms. The minimum absolute atomic E-state index is 0.0180. The van der Waals surface area contributed by atoms with Crippen LogP contribution in [0.3, 0.4) is 0 Å². The van der Waals surface area contributed by atoms with E-state index >= 15 is 0 Å². The van der Waals surface area contributed by atoms with E-state index in [1.807, 2.05) is 29.3 Å². The fourth-order valence-electron chi connectivity index (χ4n) is 5.21. The van der Waals surface area contributed by atoms with E-state index in [1.54, 1.807) is 23.6 Å². The molecule has 3 aromatic rings. The van der Waals surface area contributed by atoms with Gasteiger partial charge in [-0.25, -0.2) is 9.98 Å². The van der Waals surface area contributed by atoms with Crippen LogP contribution in [0.2, 0.25) is 0 Å². The number of carboxylic acid groups (broad SMARTS) is 1. The van der Waals surface area contributed by atoms with E-state index in [2.05, 4.69) is 9.88 Å². The van der Waals surface area contributed by atoms with Crippen LogP contribution in [0.5, 0.6) is 11.6 Å². The summed E-state index contributed by atoms with van der Waals surface area (Å²) in [5, 5.41) is 13.5. The van der Waals surface area contributed by atoms with Gasteiger partial charge >= 0.3 is 12.1 Å². The molecule has 2 unspecified atom stereocenters. The third kappa shape index (κ3) is 5.25. The van der Waals surface area contributed by atoms with Gasteiger partial charge in [-0.2, -0.15) is 13.2 Å². The fraction of sp³-hybridized carbons (Fsp3) is 0.370. The molecule has 0 saturated carbocycles. The number of hydrogen-bond acceptors (Lipinski definition) is 9. The van der Waals surface area contributed by atoms with E-state index in [-0.39, 0.29) is 23.9 Å². The molecule has 0 aliphatic carbocycles. The number of fused-ring (bicyclic) bond motifs is 1. The van der Waals surface area contributed by atoms with Crippen LogP contribution in [0.1, 0.15) is 30.5 Å². The third-order valence-corrected chi connectivity index (χ3v) is 7.83. The Balaban J connectivity index is 1.58. The molecule has 4 heterocycles. The monoisotopic (exact) mass is 575 g/mol. The summed E-state index contributed by atoms with van der Waals surface area (Å²) >= 11 is 1.37. The minimum atomic E-state index is -4.60. The summed E-state index contributed by atoms with van der Waals surface area (Å²) in [5.74, 6) is -0.0174. The topological polar surface area (TPSA) is 90.7 Å². The number of carboxylic acids is 1. The molecule has 1 fully saturated rings. The van der Waals surface area contributed by atoms with Crippen LogP contribution in [0.4, 0.5) is 30.2 Å². The molecule has 13 heteroatoms. The van der Waals surface area contributed by atoms with Crippen LogP contribution in [-0.4, -0.2) is 66.8 Å². The molecule has 2 aliphatic heterocycles. The summed E-state index contributed by atoms with van der Waals surface area (Å²) in [6.07, 6.45) is -3.26. The predicted molar refractivity (Wildman–Crippen MR) is 146 cm³/mol. The smallest absolute Gasteiger partial charge is 0.416 e. The Kier molecular flexibility index (Phi) is 7.49. The number of guanidine groups is 1. The van der Waals surface area contributed by atoms with Crippen molar-refractivity contribution < 1.29 is 32.5 Å². The molecule has 2 aliphatic rings. The first-order valence-electron chi connectivity index (χ1n) is 12.5. The number of nitrogens with zero attached hydrogens (tertiary/aromatic N) is 5. The van der Waals surface area contributed by atoms with Crippen LogP contribution >= 0.6 is 11.3 Å². The van der Waals surface area contributed by atoms with Crippen molar-refractivity contribution >= 4 is 40.3 Å². The van der Waals surface area contributed by atoms with Crippen LogP contribution in [0.25, 0.3) is 0 Å². The number of pyridine rings is 1. The SMILES string of the molecule is COc1cc(N2CCN(C3=Nc4cscc4C(CC(=O)O)N3c3cc(C(F)(F)F)ccc3OC)CC2C)ccn1. The second-order valence-corrected chi connectivity index (χ2v) is 10.3. The molecule has 1 aromatic carbocycles. The predicted octanol–water partition coefficient (Wildman–Crippen LogP) is 5.41. The fourth-order valence-corrected chi connectivity index (χ4v) is 6.02. The van der Waals surface area contributed by atoms with Crippen LogP contribution < -0.4 is 19.3 Å². The van der Waals surface area contributed by atoms with E-state index < -0.39 is 23.8 Å². The summed E-state index contributed by atoms with van der Waals surface area (Å²) in [7, 11) is 2.93. The summed E-state index contributed by atoms with van der Waals surface area (Å²) < 4.78 is 52.2. The van der Waals surface area contributed by atoms with Gasteiger partial charge < -0.3 is 29.3 Å². The van der Waals surface area contributed by atoms with Gasteiger partial charge in [-0.15, -0.1) is 11.3 Å². The maximum Gasteiger partial charge on any atom is 0.416 e. The summed E-state index contributed by atoms with van der Waals surface area (Å²) in [6, 6.07) is 6.15. The number of ether oxygens (including phenoxy) is 2. The maximum atomic E-state index is 13.8. The quantitative estimate of drug-likeness (QED) is 0.417. The van der Waals surface area contributed by atoms with Crippen molar-refractivity contribution in [2.45, 2.75) is 31.6 Å². The zero-order chi connectivity index (χ0) is 28.6. The van der Waals surface area contributed by atoms with Crippen molar-refractivity contribution in [1.29, 1.82) is 0 Å². The highest BCUT2D eigenvalue weighted by Gasteiger charge is 2.40. The van der Waals surface area contributed by atoms with Gasteiger partial charge in [0.05, 0.1) is 43.6 Å². The molecular weight excluding hydrogens is 547 g/mol. The van der Waals surface area contributed by atoms with Crippen molar-refractivity contribution in [1.82, 2.24) is 9.88 Å². The van der Waals surface area contributed by atoms with Crippen molar-refractivity contribution in [3.8, 4) is 11.6 Å². The molecule has 5 rings (SSSR count). The molecule has 2 atom stereocenters. The lowest BCUT2D eigenvalue weighted by atomic mass is 10.00. The molecule has 0 bridgehead atoms. The average molecular weight is 576 g/mol. The number of anilines is 2. The first-order valence-corrected chi connectivity index (χ1v) is 13.5. The van der Waals surface area contributed by atoms with Gasteiger partial charge in [-0.05, 0) is 36.6 Å². The van der Waals surface area contributed by atoms with Crippen LogP contribution in [-0.2, 0) is 11.0 Å². The van der Waals surface area contributed by atoms with Gasteiger partial charge in [0.1, 0.15) is 5.75 Å². The van der Waals surface area contributed by atoms with Gasteiger partial charge in [0.25, 0.3) is 0 Å². The third-order valence-electron chi connectivity index (χ3n) is 7.08. The number of rotatable bonds is 6. The lowest BCUT2D eigenvalue weighted by molar-refractivity contribution is -0.138. The van der Waals surface area contributed by atoms with Crippen LogP contribution in [0, 0.1) is 0 Å². The number of halogens is 3. The molecule has 1 N–H and O–H groups in total. The molecule has 212 valence electrons. The van der Waals surface area contributed by atoms with Crippen molar-refractivity contribution in [2.75, 3.05) is 43.7 Å². The van der Waals surface area contributed by atoms with E-state index in [0.29, 0.717) is 42.7 Å². The van der Waals surface area contributed by atoms with Crippen molar-refractivity contribution in [3.05, 3.63) is 58.4 Å². The Morgan fingerprint density at radius 2 is 1.95 bits per heavy atom. The number of aromatic nitrogens is 1. The molecular formula is C27H28F3N5O4S. The first kappa shape index (κ1) is 27.6. The lowest BCUT2D eigenvalue weighted by Gasteiger charge is -2.47. The average Bonchev–Trinajstić information content (AvgIpc) is 3.40. The second kappa shape index (κ2) is 10.9. The highest BCUT2D eigenvalue weighted by atomic mass is 32.1. The number of piperazine rings is 1. The van der Waals surface area contributed by atoms with Gasteiger partial charge in [0, 0.05) is 54.6 Å². The normalized spacial score (nSPS) is 19.2. The number of methoxy groups -OCH3 is 2. The van der Waals surface area contributed by atoms with Gasteiger partial charge in [-0.3, -0.25) is 4.79 Å². The Bertz CT molecular complexity index is 1430. The number of thiophene rings is 1. The number of aliphatic imine (C=N–C) groups is 1. The van der Waals surface area contributed by atoms with E-state index in [1.165, 1.54) is 24.5 Å². The van der Waals surface area contributed by atoms with Crippen molar-refractivity contribution in [3.63, 3.8) is 0 Å². The maximum absolute atomic E-state index is 13.8. The minimum Gasteiger partial charge on any atom is -0.495 e. The Morgan fingerprint density at radius 3 is 2.62 bits per heavy atom. The van der Waals surface area contributed by atoms with Gasteiger partial charge in [0.2, 0.25) is 11.8 Å². The zero-order valence-electron chi connectivity index (χ0n) is 22.1. The highest BCUT2D eigenvalue weighted by molar-refractivity contribution is 7.08. The molecule has 0 radical (unpaired) electrons. The Labute approximate surface area is 233 Å². The van der Waals surface area contributed by atoms with E-state index in [9.17, 15) is 23.1 Å². The zero-order valence-corrected chi connectivity index (χ0v) is 22.9. The number of benzene rings is 1. The largest absolute Gasteiger partial charge is 0.495 e. The molecule has 2 aromatic heterocycles. The standard InChI is InChI=1S/C27H28F3N5O4S/c1-16-13-33(8-9-34(16)18-6-7-31-24(11-18)39-3)26-32-20-15-40-14-19(20)21(12-25(36)37)35(26)22-10-17(27(28,29)30)4-5-23(22)38-2/h4-7,10-11,14-16,21H,8-9,12-13H2,1-3H3,(H,36,37). The number of alkyl halides is 3.